The van der Waals surface area contributed by atoms with E-state index in [9.17, 15) is 18.8 Å². The van der Waals surface area contributed by atoms with Crippen LogP contribution in [0.25, 0.3) is 32.1 Å². The summed E-state index contributed by atoms with van der Waals surface area (Å²) in [7, 11) is 1.74. The van der Waals surface area contributed by atoms with E-state index in [-0.39, 0.29) is 84.4 Å². The zero-order valence-corrected chi connectivity index (χ0v) is 27.6. The lowest BCUT2D eigenvalue weighted by molar-refractivity contribution is -0.131. The average molecular weight is 698 g/mol. The second-order valence-electron chi connectivity index (χ2n) is 13.0. The molecule has 4 aliphatic heterocycles. The van der Waals surface area contributed by atoms with Gasteiger partial charge in [-0.15, -0.1) is 11.3 Å². The van der Waals surface area contributed by atoms with Gasteiger partial charge in [0, 0.05) is 50.5 Å². The van der Waals surface area contributed by atoms with Crippen molar-refractivity contribution in [1.29, 1.82) is 5.26 Å². The topological polar surface area (TPSA) is 121 Å². The highest BCUT2D eigenvalue weighted by Gasteiger charge is 2.49. The highest BCUT2D eigenvalue weighted by atomic mass is 35.5. The number of likely N-dealkylation sites (N-methyl/N-ethyl adjacent to an activating group) is 1. The first-order valence-corrected chi connectivity index (χ1v) is 17.1. The molecule has 0 spiro atoms. The van der Waals surface area contributed by atoms with Crippen LogP contribution in [-0.4, -0.2) is 89.9 Å². The largest absolute Gasteiger partial charge is 0.491 e. The van der Waals surface area contributed by atoms with E-state index in [0.29, 0.717) is 38.9 Å². The number of nitriles is 1. The maximum Gasteiger partial charge on any atom is 0.319 e. The van der Waals surface area contributed by atoms with Crippen molar-refractivity contribution in [1.82, 2.24) is 19.8 Å². The molecule has 0 saturated carbocycles. The van der Waals surface area contributed by atoms with Crippen molar-refractivity contribution in [2.45, 2.75) is 49.9 Å². The summed E-state index contributed by atoms with van der Waals surface area (Å²) in [6.45, 7) is 2.24. The number of hydrogen-bond acceptors (Lipinski definition) is 10. The molecule has 3 saturated heterocycles. The van der Waals surface area contributed by atoms with Crippen LogP contribution in [0.4, 0.5) is 24.0 Å². The molecule has 4 aromatic rings. The maximum atomic E-state index is 17.2. The molecule has 2 aromatic carbocycles. The van der Waals surface area contributed by atoms with E-state index in [1.54, 1.807) is 11.9 Å². The highest BCUT2D eigenvalue weighted by molar-refractivity contribution is 7.23. The van der Waals surface area contributed by atoms with E-state index >= 15 is 4.39 Å². The SMILES string of the molecule is CN1CCCN2c3nc(OC[C@@]45CCCN4C[C@H](F)C5)nc4c(F)c(-c5ccc(F)c6sc(N)c(C#N)c56)c(Cl)c(c34)OCCC2C1=O. The van der Waals surface area contributed by atoms with Gasteiger partial charge >= 0.3 is 6.01 Å². The molecule has 0 aliphatic carbocycles. The summed E-state index contributed by atoms with van der Waals surface area (Å²) < 4.78 is 59.4. The number of fused-ring (bicyclic) bond motifs is 4. The van der Waals surface area contributed by atoms with Crippen molar-refractivity contribution < 1.29 is 27.4 Å². The van der Waals surface area contributed by atoms with E-state index in [0.717, 1.165) is 30.7 Å². The number of aromatic nitrogens is 2. The summed E-state index contributed by atoms with van der Waals surface area (Å²) in [4.78, 5) is 28.5. The van der Waals surface area contributed by atoms with Crippen LogP contribution in [0.15, 0.2) is 12.1 Å². The quantitative estimate of drug-likeness (QED) is 0.288. The molecule has 0 radical (unpaired) electrons. The Hall–Kier alpha value is -4.06. The van der Waals surface area contributed by atoms with Gasteiger partial charge in [-0.05, 0) is 37.4 Å². The van der Waals surface area contributed by atoms with E-state index in [4.69, 9.17) is 31.8 Å². The van der Waals surface area contributed by atoms with E-state index in [1.165, 1.54) is 12.1 Å². The Balaban J connectivity index is 1.37. The first-order valence-electron chi connectivity index (χ1n) is 15.9. The Morgan fingerprint density at radius 3 is 2.88 bits per heavy atom. The van der Waals surface area contributed by atoms with Crippen LogP contribution in [0, 0.1) is 23.0 Å². The fourth-order valence-corrected chi connectivity index (χ4v) is 9.26. The Morgan fingerprint density at radius 1 is 1.23 bits per heavy atom. The minimum atomic E-state index is -0.973. The molecule has 8 rings (SSSR count). The minimum absolute atomic E-state index is 0.00851. The Morgan fingerprint density at radius 2 is 2.06 bits per heavy atom. The smallest absolute Gasteiger partial charge is 0.319 e. The number of nitrogen functional groups attached to an aromatic ring is 1. The number of rotatable bonds is 4. The van der Waals surface area contributed by atoms with Crippen LogP contribution in [-0.2, 0) is 4.79 Å². The molecule has 6 heterocycles. The maximum absolute atomic E-state index is 17.2. The summed E-state index contributed by atoms with van der Waals surface area (Å²) >= 11 is 7.92. The molecule has 10 nitrogen and oxygen atoms in total. The number of benzene rings is 2. The Labute approximate surface area is 282 Å². The third-order valence-corrected chi connectivity index (χ3v) is 11.6. The monoisotopic (exact) mass is 697 g/mol. The van der Waals surface area contributed by atoms with Crippen LogP contribution in [0.1, 0.15) is 37.7 Å². The fourth-order valence-electron chi connectivity index (χ4n) is 7.97. The zero-order valence-electron chi connectivity index (χ0n) is 26.0. The van der Waals surface area contributed by atoms with Gasteiger partial charge in [0.1, 0.15) is 47.0 Å². The third kappa shape index (κ3) is 4.65. The van der Waals surface area contributed by atoms with Gasteiger partial charge in [0.2, 0.25) is 5.91 Å². The van der Waals surface area contributed by atoms with Gasteiger partial charge in [-0.25, -0.2) is 13.2 Å². The third-order valence-electron chi connectivity index (χ3n) is 10.2. The molecule has 4 aliphatic rings. The van der Waals surface area contributed by atoms with E-state index < -0.39 is 29.4 Å². The number of alkyl halides is 1. The van der Waals surface area contributed by atoms with Gasteiger partial charge in [-0.2, -0.15) is 15.2 Å². The number of halogens is 4. The van der Waals surface area contributed by atoms with Gasteiger partial charge < -0.3 is 25.0 Å². The van der Waals surface area contributed by atoms with Crippen molar-refractivity contribution in [2.75, 3.05) is 57.1 Å². The number of carbonyl (C=O) groups is 1. The normalized spacial score (nSPS) is 24.2. The molecular formula is C33H31ClF3N7O3S. The first-order chi connectivity index (χ1) is 23.1. The Kier molecular flexibility index (Phi) is 7.50. The molecule has 1 amide bonds. The lowest BCUT2D eigenvalue weighted by Gasteiger charge is -2.34. The molecule has 15 heteroatoms. The molecule has 3 fully saturated rings. The van der Waals surface area contributed by atoms with Crippen LogP contribution in [0.3, 0.4) is 0 Å². The number of carbonyl (C=O) groups excluding carboxylic acids is 1. The van der Waals surface area contributed by atoms with Gasteiger partial charge in [-0.3, -0.25) is 9.69 Å². The van der Waals surface area contributed by atoms with Crippen molar-refractivity contribution >= 4 is 60.7 Å². The van der Waals surface area contributed by atoms with Gasteiger partial charge in [-0.1, -0.05) is 17.7 Å². The summed E-state index contributed by atoms with van der Waals surface area (Å²) in [5.74, 6) is -1.25. The number of anilines is 2. The second-order valence-corrected chi connectivity index (χ2v) is 14.4. The number of nitrogens with zero attached hydrogens (tertiary/aromatic N) is 6. The van der Waals surface area contributed by atoms with Gasteiger partial charge in [0.15, 0.2) is 11.6 Å². The van der Waals surface area contributed by atoms with Gasteiger partial charge in [0.05, 0.1) is 32.8 Å². The molecule has 1 unspecified atom stereocenters. The van der Waals surface area contributed by atoms with Gasteiger partial charge in [0.25, 0.3) is 0 Å². The number of hydrogen-bond donors (Lipinski definition) is 1. The standard InChI is InChI=1S/C33H31ClF3N7O3S/c1-42-8-3-10-44-20(31(42)45)6-11-46-27-23-26(40-32(41-30(23)44)47-15-33-7-2-9-43(33)14-16(35)12-33)25(37)22(24(27)34)17-4-5-19(36)28-21(17)18(13-38)29(39)48-28/h4-5,16,20H,2-3,6-12,14-15,39H2,1H3/t16-,20?,33+/m1/s1. The second kappa shape index (κ2) is 11.5. The van der Waals surface area contributed by atoms with Crippen LogP contribution < -0.4 is 20.1 Å². The van der Waals surface area contributed by atoms with Crippen molar-refractivity contribution in [3.8, 4) is 29.0 Å². The van der Waals surface area contributed by atoms with Crippen molar-refractivity contribution in [2.24, 2.45) is 0 Å². The van der Waals surface area contributed by atoms with Crippen LogP contribution in [0.2, 0.25) is 5.02 Å². The molecular weight excluding hydrogens is 667 g/mol. The van der Waals surface area contributed by atoms with E-state index in [2.05, 4.69) is 9.88 Å². The summed E-state index contributed by atoms with van der Waals surface area (Å²) in [5.41, 5.74) is 5.41. The molecule has 2 aromatic heterocycles. The van der Waals surface area contributed by atoms with E-state index in [1.807, 2.05) is 11.0 Å². The molecule has 0 bridgehead atoms. The molecule has 250 valence electrons. The van der Waals surface area contributed by atoms with Crippen LogP contribution in [0.5, 0.6) is 11.8 Å². The predicted molar refractivity (Wildman–Crippen MR) is 176 cm³/mol. The Bertz CT molecular complexity index is 2060. The molecule has 48 heavy (non-hydrogen) atoms. The number of nitrogens with two attached hydrogens (primary N) is 1. The average Bonchev–Trinajstić information content (AvgIpc) is 3.68. The molecule has 3 atom stereocenters. The van der Waals surface area contributed by atoms with Crippen molar-refractivity contribution in [3.63, 3.8) is 0 Å². The number of amides is 1. The lowest BCUT2D eigenvalue weighted by atomic mass is 9.95. The first kappa shape index (κ1) is 31.2. The minimum Gasteiger partial charge on any atom is -0.491 e. The predicted octanol–water partition coefficient (Wildman–Crippen LogP) is 5.67. The fraction of sp³-hybridized carbons (Fsp3) is 0.455. The summed E-state index contributed by atoms with van der Waals surface area (Å²) in [5, 5.41) is 10.2. The number of thiophene rings is 1. The van der Waals surface area contributed by atoms with Crippen LogP contribution >= 0.6 is 22.9 Å². The summed E-state index contributed by atoms with van der Waals surface area (Å²) in [6, 6.07) is 3.77. The van der Waals surface area contributed by atoms with Crippen molar-refractivity contribution in [3.05, 3.63) is 34.4 Å². The summed E-state index contributed by atoms with van der Waals surface area (Å²) in [6.07, 6.45) is 1.93. The lowest BCUT2D eigenvalue weighted by Crippen LogP contribution is -2.47. The zero-order chi connectivity index (χ0) is 33.5. The number of ether oxygens (including phenoxy) is 2. The molecule has 2 N–H and O–H groups in total. The highest BCUT2D eigenvalue weighted by Crippen LogP contribution is 2.51.